The fraction of sp³-hybridized carbons (Fsp3) is 0.258. The number of furan rings is 1. The molecule has 1 amide bonds. The molecular weight excluding hydrogens is 544 g/mol. The largest absolute Gasteiger partial charge is 0.467 e. The molecule has 2 aromatic heterocycles. The molecule has 3 aromatic carbocycles. The molecule has 0 fully saturated rings. The van der Waals surface area contributed by atoms with Crippen LogP contribution >= 0.6 is 23.1 Å². The van der Waals surface area contributed by atoms with Gasteiger partial charge in [0.2, 0.25) is 0 Å². The first-order chi connectivity index (χ1) is 19.2. The third-order valence-corrected chi connectivity index (χ3v) is 8.10. The van der Waals surface area contributed by atoms with Gasteiger partial charge in [0.1, 0.15) is 27.8 Å². The van der Waals surface area contributed by atoms with Crippen molar-refractivity contribution >= 4 is 57.1 Å². The van der Waals surface area contributed by atoms with E-state index in [4.69, 9.17) is 18.9 Å². The van der Waals surface area contributed by atoms with Crippen molar-refractivity contribution in [3.63, 3.8) is 0 Å². The van der Waals surface area contributed by atoms with Gasteiger partial charge in [-0.25, -0.2) is 14.6 Å². The third kappa shape index (κ3) is 6.32. The summed E-state index contributed by atoms with van der Waals surface area (Å²) in [5.41, 5.74) is 5.10. The maximum absolute atomic E-state index is 12.2. The molecule has 40 heavy (non-hydrogen) atoms. The number of carbonyl (C=O) groups is 2. The van der Waals surface area contributed by atoms with E-state index in [2.05, 4.69) is 47.8 Å². The van der Waals surface area contributed by atoms with Crippen LogP contribution in [0.2, 0.25) is 0 Å². The molecule has 0 aliphatic rings. The van der Waals surface area contributed by atoms with Crippen LogP contribution < -0.4 is 5.32 Å². The zero-order chi connectivity index (χ0) is 28.3. The van der Waals surface area contributed by atoms with Gasteiger partial charge in [-0.2, -0.15) is 11.8 Å². The summed E-state index contributed by atoms with van der Waals surface area (Å²) in [4.78, 5) is 29.2. The molecule has 206 valence electrons. The van der Waals surface area contributed by atoms with Crippen molar-refractivity contribution in [2.24, 2.45) is 0 Å². The molecule has 0 saturated heterocycles. The first-order valence-corrected chi connectivity index (χ1v) is 14.9. The van der Waals surface area contributed by atoms with Crippen LogP contribution in [0.25, 0.3) is 43.6 Å². The van der Waals surface area contributed by atoms with Gasteiger partial charge in [0.25, 0.3) is 0 Å². The number of aromatic nitrogens is 1. The van der Waals surface area contributed by atoms with E-state index in [0.29, 0.717) is 11.5 Å². The van der Waals surface area contributed by atoms with Crippen molar-refractivity contribution in [2.75, 3.05) is 12.9 Å². The van der Waals surface area contributed by atoms with E-state index in [1.165, 1.54) is 18.9 Å². The quantitative estimate of drug-likeness (QED) is 0.190. The Morgan fingerprint density at radius 3 is 2.58 bits per heavy atom. The van der Waals surface area contributed by atoms with E-state index >= 15 is 0 Å². The van der Waals surface area contributed by atoms with Crippen molar-refractivity contribution < 1.29 is 23.5 Å². The van der Waals surface area contributed by atoms with Gasteiger partial charge in [0, 0.05) is 38.8 Å². The molecule has 7 nitrogen and oxygen atoms in total. The van der Waals surface area contributed by atoms with Crippen molar-refractivity contribution in [3.05, 3.63) is 77.8 Å². The number of ether oxygens (including phenoxy) is 2. The number of thioether (sulfide) groups is 1. The second-order valence-corrected chi connectivity index (χ2v) is 12.1. The van der Waals surface area contributed by atoms with E-state index in [1.54, 1.807) is 32.1 Å². The zero-order valence-electron chi connectivity index (χ0n) is 22.7. The SMILES string of the molecule is COC(=O)C(CSCc1csc(-c2cccc(-c3cccc4c3oc3ccccc34)c2)n1)NC(=O)OC(C)(C)C. The lowest BCUT2D eigenvalue weighted by molar-refractivity contribution is -0.142. The minimum atomic E-state index is -0.819. The van der Waals surface area contributed by atoms with Crippen LogP contribution in [-0.2, 0) is 20.0 Å². The average molecular weight is 575 g/mol. The molecule has 5 aromatic rings. The lowest BCUT2D eigenvalue weighted by atomic mass is 10.0. The Morgan fingerprint density at radius 2 is 1.77 bits per heavy atom. The van der Waals surface area contributed by atoms with Crippen molar-refractivity contribution in [1.82, 2.24) is 10.3 Å². The Morgan fingerprint density at radius 1 is 1.02 bits per heavy atom. The van der Waals surface area contributed by atoms with Crippen LogP contribution in [0.5, 0.6) is 0 Å². The Hall–Kier alpha value is -3.82. The van der Waals surface area contributed by atoms with Crippen LogP contribution in [-0.4, -0.2) is 41.6 Å². The Kier molecular flexibility index (Phi) is 8.14. The van der Waals surface area contributed by atoms with Crippen LogP contribution in [0.15, 0.2) is 76.5 Å². The Labute approximate surface area is 240 Å². The average Bonchev–Trinajstić information content (AvgIpc) is 3.56. The highest BCUT2D eigenvalue weighted by atomic mass is 32.2. The van der Waals surface area contributed by atoms with Crippen LogP contribution in [0, 0.1) is 0 Å². The number of hydrogen-bond acceptors (Lipinski definition) is 8. The van der Waals surface area contributed by atoms with Gasteiger partial charge in [-0.05, 0) is 38.5 Å². The number of para-hydroxylation sites is 2. The predicted molar refractivity (Wildman–Crippen MR) is 162 cm³/mol. The molecule has 1 atom stereocenters. The minimum Gasteiger partial charge on any atom is -0.467 e. The van der Waals surface area contributed by atoms with Crippen LogP contribution in [0.1, 0.15) is 26.5 Å². The van der Waals surface area contributed by atoms with Gasteiger partial charge in [-0.15, -0.1) is 11.3 Å². The monoisotopic (exact) mass is 574 g/mol. The Balaban J connectivity index is 1.28. The highest BCUT2D eigenvalue weighted by Gasteiger charge is 2.25. The van der Waals surface area contributed by atoms with E-state index in [1.807, 2.05) is 29.6 Å². The first kappa shape index (κ1) is 27.7. The highest BCUT2D eigenvalue weighted by molar-refractivity contribution is 7.98. The van der Waals surface area contributed by atoms with Gasteiger partial charge >= 0.3 is 12.1 Å². The number of thiazole rings is 1. The summed E-state index contributed by atoms with van der Waals surface area (Å²) in [5.74, 6) is 0.391. The molecule has 0 aliphatic heterocycles. The summed E-state index contributed by atoms with van der Waals surface area (Å²) in [6.45, 7) is 5.30. The number of alkyl carbamates (subject to hydrolysis) is 1. The number of methoxy groups -OCH3 is 1. The van der Waals surface area contributed by atoms with Gasteiger partial charge in [0.15, 0.2) is 0 Å². The lowest BCUT2D eigenvalue weighted by Gasteiger charge is -2.22. The predicted octanol–water partition coefficient (Wildman–Crippen LogP) is 7.68. The standard InChI is InChI=1S/C31H30N2O5S2/c1-31(2,3)38-30(35)33-25(29(34)36-4)18-39-16-21-17-40-28(32-21)20-10-7-9-19(15-20)22-12-8-13-24-23-11-5-6-14-26(23)37-27(22)24/h5-15,17,25H,16,18H2,1-4H3,(H,33,35). The second-order valence-electron chi connectivity index (χ2n) is 10.2. The van der Waals surface area contributed by atoms with Gasteiger partial charge in [-0.3, -0.25) is 0 Å². The molecule has 0 spiro atoms. The highest BCUT2D eigenvalue weighted by Crippen LogP contribution is 2.37. The smallest absolute Gasteiger partial charge is 0.408 e. The van der Waals surface area contributed by atoms with E-state index in [-0.39, 0.29) is 0 Å². The fourth-order valence-corrected chi connectivity index (χ4v) is 6.19. The number of nitrogens with one attached hydrogen (secondary N) is 1. The van der Waals surface area contributed by atoms with Crippen molar-refractivity contribution in [3.8, 4) is 21.7 Å². The number of nitrogens with zero attached hydrogens (tertiary/aromatic N) is 1. The Bertz CT molecular complexity index is 1670. The number of benzene rings is 3. The minimum absolute atomic E-state index is 0.329. The molecule has 1 N–H and O–H groups in total. The maximum atomic E-state index is 12.2. The van der Waals surface area contributed by atoms with Crippen LogP contribution in [0.3, 0.4) is 0 Å². The number of carbonyl (C=O) groups excluding carboxylic acids is 2. The maximum Gasteiger partial charge on any atom is 0.408 e. The summed E-state index contributed by atoms with van der Waals surface area (Å²) >= 11 is 3.06. The molecule has 5 rings (SSSR count). The topological polar surface area (TPSA) is 90.7 Å². The summed E-state index contributed by atoms with van der Waals surface area (Å²) < 4.78 is 16.4. The van der Waals surface area contributed by atoms with Gasteiger partial charge in [-0.1, -0.05) is 54.6 Å². The van der Waals surface area contributed by atoms with Crippen LogP contribution in [0.4, 0.5) is 4.79 Å². The number of fused-ring (bicyclic) bond motifs is 3. The fourth-order valence-electron chi connectivity index (χ4n) is 4.34. The molecule has 9 heteroatoms. The van der Waals surface area contributed by atoms with E-state index in [9.17, 15) is 9.59 Å². The molecule has 2 heterocycles. The molecule has 0 aliphatic carbocycles. The summed E-state index contributed by atoms with van der Waals surface area (Å²) in [5, 5.41) is 7.73. The summed E-state index contributed by atoms with van der Waals surface area (Å²) in [6, 6.07) is 21.8. The van der Waals surface area contributed by atoms with E-state index in [0.717, 1.165) is 49.3 Å². The molecular formula is C31H30N2O5S2. The number of hydrogen-bond donors (Lipinski definition) is 1. The van der Waals surface area contributed by atoms with E-state index < -0.39 is 23.7 Å². The first-order valence-electron chi connectivity index (χ1n) is 12.8. The summed E-state index contributed by atoms with van der Waals surface area (Å²) in [7, 11) is 1.30. The second kappa shape index (κ2) is 11.7. The number of amides is 1. The number of esters is 1. The lowest BCUT2D eigenvalue weighted by Crippen LogP contribution is -2.45. The molecule has 1 unspecified atom stereocenters. The molecule has 0 radical (unpaired) electrons. The zero-order valence-corrected chi connectivity index (χ0v) is 24.4. The van der Waals surface area contributed by atoms with Gasteiger partial charge in [0.05, 0.1) is 12.8 Å². The number of rotatable bonds is 8. The molecule has 0 saturated carbocycles. The van der Waals surface area contributed by atoms with Crippen molar-refractivity contribution in [2.45, 2.75) is 38.2 Å². The summed E-state index contributed by atoms with van der Waals surface area (Å²) in [6.07, 6.45) is -0.655. The van der Waals surface area contributed by atoms with Gasteiger partial charge < -0.3 is 19.2 Å². The third-order valence-electron chi connectivity index (χ3n) is 6.09. The molecule has 0 bridgehead atoms. The normalized spacial score (nSPS) is 12.4. The van der Waals surface area contributed by atoms with Crippen molar-refractivity contribution in [1.29, 1.82) is 0 Å².